The summed E-state index contributed by atoms with van der Waals surface area (Å²) >= 11 is 1.14. The lowest BCUT2D eigenvalue weighted by Crippen LogP contribution is -1.97. The van der Waals surface area contributed by atoms with Crippen LogP contribution in [0.1, 0.15) is 5.56 Å². The lowest BCUT2D eigenvalue weighted by atomic mass is 10.2. The topological polar surface area (TPSA) is 83.9 Å². The molecule has 0 radical (unpaired) electrons. The molecule has 0 bridgehead atoms. The van der Waals surface area contributed by atoms with Gasteiger partial charge in [0.05, 0.1) is 16.6 Å². The average Bonchev–Trinajstić information content (AvgIpc) is 3.04. The molecule has 6 nitrogen and oxygen atoms in total. The molecular weight excluding hydrogens is 264 g/mol. The van der Waals surface area contributed by atoms with E-state index >= 15 is 0 Å². The van der Waals surface area contributed by atoms with E-state index in [1.54, 1.807) is 17.6 Å². The van der Waals surface area contributed by atoms with Crippen molar-refractivity contribution in [3.8, 4) is 0 Å². The predicted octanol–water partition coefficient (Wildman–Crippen LogP) is 3.14. The summed E-state index contributed by atoms with van der Waals surface area (Å²) in [5.41, 5.74) is 2.85. The second-order valence-corrected chi connectivity index (χ2v) is 4.97. The van der Waals surface area contributed by atoms with E-state index in [0.29, 0.717) is 6.54 Å². The lowest BCUT2D eigenvalue weighted by Gasteiger charge is -2.04. The molecule has 96 valence electrons. The van der Waals surface area contributed by atoms with Crippen LogP contribution in [-0.2, 0) is 6.54 Å². The normalized spacial score (nSPS) is 10.7. The van der Waals surface area contributed by atoms with Gasteiger partial charge in [-0.05, 0) is 23.8 Å². The second-order valence-electron chi connectivity index (χ2n) is 4.08. The summed E-state index contributed by atoms with van der Waals surface area (Å²) in [7, 11) is 0. The van der Waals surface area contributed by atoms with Gasteiger partial charge in [0.15, 0.2) is 0 Å². The smallest absolute Gasteiger partial charge is 0.324 e. The van der Waals surface area contributed by atoms with Gasteiger partial charge in [-0.3, -0.25) is 15.2 Å². The molecule has 3 aromatic rings. The second kappa shape index (κ2) is 4.69. The maximum atomic E-state index is 10.6. The summed E-state index contributed by atoms with van der Waals surface area (Å²) in [5, 5.41) is 23.7. The van der Waals surface area contributed by atoms with Crippen LogP contribution in [0.5, 0.6) is 0 Å². The van der Waals surface area contributed by atoms with E-state index in [1.165, 1.54) is 0 Å². The largest absolute Gasteiger partial charge is 0.381 e. The van der Waals surface area contributed by atoms with Crippen molar-refractivity contribution < 1.29 is 4.92 Å². The number of hydrogen-bond acceptors (Lipinski definition) is 5. The van der Waals surface area contributed by atoms with E-state index in [2.05, 4.69) is 15.5 Å². The van der Waals surface area contributed by atoms with Crippen molar-refractivity contribution in [3.63, 3.8) is 0 Å². The molecule has 0 aliphatic heterocycles. The number of nitrogens with one attached hydrogen (secondary N) is 2. The van der Waals surface area contributed by atoms with Crippen LogP contribution >= 0.6 is 11.3 Å². The Labute approximate surface area is 112 Å². The van der Waals surface area contributed by atoms with Crippen LogP contribution in [0.4, 0.5) is 10.7 Å². The first-order valence-electron chi connectivity index (χ1n) is 5.61. The summed E-state index contributed by atoms with van der Waals surface area (Å²) in [4.78, 5) is 10.2. The molecule has 2 N–H and O–H groups in total. The van der Waals surface area contributed by atoms with Gasteiger partial charge in [-0.25, -0.2) is 0 Å². The number of rotatable bonds is 4. The third-order valence-corrected chi connectivity index (χ3v) is 3.69. The molecule has 0 unspecified atom stereocenters. The number of nitrogens with zero attached hydrogens (tertiary/aromatic N) is 2. The first-order valence-corrected chi connectivity index (χ1v) is 6.49. The summed E-state index contributed by atoms with van der Waals surface area (Å²) in [6, 6.07) is 7.47. The molecule has 3 rings (SSSR count). The predicted molar refractivity (Wildman–Crippen MR) is 74.4 cm³/mol. The fourth-order valence-electron chi connectivity index (χ4n) is 1.81. The molecule has 19 heavy (non-hydrogen) atoms. The third-order valence-electron chi connectivity index (χ3n) is 2.76. The van der Waals surface area contributed by atoms with Crippen molar-refractivity contribution >= 4 is 32.9 Å². The number of hydrogen-bond donors (Lipinski definition) is 2. The molecule has 0 aliphatic carbocycles. The Balaban J connectivity index is 1.72. The Morgan fingerprint density at radius 1 is 1.42 bits per heavy atom. The van der Waals surface area contributed by atoms with Crippen molar-refractivity contribution in [1.29, 1.82) is 0 Å². The van der Waals surface area contributed by atoms with E-state index in [0.717, 1.165) is 33.5 Å². The molecule has 0 spiro atoms. The molecular formula is C12H10N4O2S. The monoisotopic (exact) mass is 274 g/mol. The Hall–Kier alpha value is -2.41. The van der Waals surface area contributed by atoms with Crippen LogP contribution in [0.2, 0.25) is 0 Å². The Morgan fingerprint density at radius 3 is 3.11 bits per heavy atom. The Kier molecular flexibility index (Phi) is 2.88. The van der Waals surface area contributed by atoms with Crippen LogP contribution in [0.3, 0.4) is 0 Å². The minimum Gasteiger partial charge on any atom is -0.381 e. The highest BCUT2D eigenvalue weighted by Crippen LogP contribution is 2.23. The molecule has 0 fully saturated rings. The molecule has 2 aromatic heterocycles. The molecule has 2 heterocycles. The van der Waals surface area contributed by atoms with E-state index in [9.17, 15) is 10.1 Å². The van der Waals surface area contributed by atoms with Gasteiger partial charge in [0, 0.05) is 29.1 Å². The van der Waals surface area contributed by atoms with Crippen molar-refractivity contribution in [2.75, 3.05) is 5.32 Å². The zero-order valence-electron chi connectivity index (χ0n) is 9.79. The molecule has 0 amide bonds. The van der Waals surface area contributed by atoms with Crippen molar-refractivity contribution in [2.24, 2.45) is 0 Å². The Morgan fingerprint density at radius 2 is 2.32 bits per heavy atom. The molecule has 0 saturated heterocycles. The van der Waals surface area contributed by atoms with Gasteiger partial charge < -0.3 is 5.32 Å². The summed E-state index contributed by atoms with van der Waals surface area (Å²) in [6.07, 6.45) is 1.76. The van der Waals surface area contributed by atoms with Gasteiger partial charge in [-0.15, -0.1) is 0 Å². The first kappa shape index (κ1) is 11.7. The number of aromatic nitrogens is 2. The highest BCUT2D eigenvalue weighted by atomic mass is 32.1. The highest BCUT2D eigenvalue weighted by molar-refractivity contribution is 7.13. The summed E-state index contributed by atoms with van der Waals surface area (Å²) in [5.74, 6) is 0. The number of fused-ring (bicyclic) bond motifs is 1. The molecule has 0 atom stereocenters. The average molecular weight is 274 g/mol. The van der Waals surface area contributed by atoms with Crippen molar-refractivity contribution in [2.45, 2.75) is 6.54 Å². The highest BCUT2D eigenvalue weighted by Gasteiger charge is 2.09. The maximum Gasteiger partial charge on any atom is 0.324 e. The van der Waals surface area contributed by atoms with Crippen LogP contribution in [-0.4, -0.2) is 15.1 Å². The quantitative estimate of drug-likeness (QED) is 0.565. The maximum absolute atomic E-state index is 10.6. The van der Waals surface area contributed by atoms with E-state index in [1.807, 2.05) is 18.2 Å². The van der Waals surface area contributed by atoms with Gasteiger partial charge >= 0.3 is 5.00 Å². The third kappa shape index (κ3) is 2.41. The van der Waals surface area contributed by atoms with E-state index in [-0.39, 0.29) is 9.92 Å². The van der Waals surface area contributed by atoms with E-state index in [4.69, 9.17) is 0 Å². The summed E-state index contributed by atoms with van der Waals surface area (Å²) in [6.45, 7) is 0.563. The first-order chi connectivity index (χ1) is 9.22. The molecule has 1 aromatic carbocycles. The summed E-state index contributed by atoms with van der Waals surface area (Å²) < 4.78 is 0. The number of anilines is 1. The number of thiophene rings is 1. The molecule has 7 heteroatoms. The number of aromatic amines is 1. The zero-order chi connectivity index (χ0) is 13.2. The van der Waals surface area contributed by atoms with Gasteiger partial charge in [0.1, 0.15) is 0 Å². The number of nitro groups is 1. The fourth-order valence-corrected chi connectivity index (χ4v) is 2.54. The van der Waals surface area contributed by atoms with Crippen LogP contribution in [0, 0.1) is 10.1 Å². The minimum absolute atomic E-state index is 0.169. The number of benzene rings is 1. The Bertz CT molecular complexity index is 734. The van der Waals surface area contributed by atoms with Crippen molar-refractivity contribution in [1.82, 2.24) is 10.2 Å². The van der Waals surface area contributed by atoms with E-state index < -0.39 is 0 Å². The minimum atomic E-state index is -0.369. The van der Waals surface area contributed by atoms with Crippen LogP contribution < -0.4 is 5.32 Å². The van der Waals surface area contributed by atoms with Crippen molar-refractivity contribution in [3.05, 3.63) is 51.5 Å². The van der Waals surface area contributed by atoms with Crippen LogP contribution in [0.25, 0.3) is 10.9 Å². The van der Waals surface area contributed by atoms with Gasteiger partial charge in [0.2, 0.25) is 0 Å². The standard InChI is InChI=1S/C12H10N4O2S/c17-16(18)12-3-8(7-19-12)5-13-10-1-2-11-9(4-10)6-14-15-11/h1-4,6-7,13H,5H2,(H,14,15). The molecule has 0 saturated carbocycles. The molecule has 0 aliphatic rings. The van der Waals surface area contributed by atoms with Gasteiger partial charge in [-0.2, -0.15) is 5.10 Å². The van der Waals surface area contributed by atoms with Gasteiger partial charge in [-0.1, -0.05) is 11.3 Å². The lowest BCUT2D eigenvalue weighted by molar-refractivity contribution is -0.380. The SMILES string of the molecule is O=[N+]([O-])c1cc(CNc2ccc3[nH]ncc3c2)cs1. The van der Waals surface area contributed by atoms with Crippen LogP contribution in [0.15, 0.2) is 35.8 Å². The number of H-pyrrole nitrogens is 1. The zero-order valence-corrected chi connectivity index (χ0v) is 10.6. The fraction of sp³-hybridized carbons (Fsp3) is 0.0833. The van der Waals surface area contributed by atoms with Gasteiger partial charge in [0.25, 0.3) is 0 Å².